The smallest absolute Gasteiger partial charge is 0.416 e. The van der Waals surface area contributed by atoms with Crippen LogP contribution in [-0.4, -0.2) is 42.7 Å². The predicted molar refractivity (Wildman–Crippen MR) is 147 cm³/mol. The molecule has 4 rings (SSSR count). The molecule has 0 unspecified atom stereocenters. The molecule has 3 aromatic carbocycles. The van der Waals surface area contributed by atoms with Gasteiger partial charge in [0.05, 0.1) is 19.9 Å². The van der Waals surface area contributed by atoms with E-state index < -0.39 is 12.1 Å². The number of ether oxygens (including phenoxy) is 3. The number of rotatable bonds is 10. The molecule has 0 aliphatic heterocycles. The van der Waals surface area contributed by atoms with Crippen molar-refractivity contribution in [2.24, 2.45) is 0 Å². The summed E-state index contributed by atoms with van der Waals surface area (Å²) in [4.78, 5) is 30.7. The molecule has 8 heteroatoms. The van der Waals surface area contributed by atoms with Crippen molar-refractivity contribution in [1.82, 2.24) is 9.88 Å². The SMILES string of the molecule is COC(=O)CN(Cc1ccc(/C=C/Cc2nc(-c3ccccc3)oc2C)cc1)C(=O)Oc1ccc(OC)cc1. The molecule has 0 saturated heterocycles. The van der Waals surface area contributed by atoms with Gasteiger partial charge in [0.25, 0.3) is 0 Å². The summed E-state index contributed by atoms with van der Waals surface area (Å²) in [6.07, 6.45) is 4.01. The molecule has 1 heterocycles. The highest BCUT2D eigenvalue weighted by Crippen LogP contribution is 2.22. The standard InChI is InChI=1S/C31H30N2O6/c1-22-28(32-30(38-22)25-9-5-4-6-10-25)11-7-8-23-12-14-24(15-13-23)20-33(21-29(34)37-3)31(35)39-27-18-16-26(36-2)17-19-27/h4-10,12-19H,11,20-21H2,1-3H3/b8-7+. The minimum atomic E-state index is -0.660. The van der Waals surface area contributed by atoms with Crippen molar-refractivity contribution in [2.75, 3.05) is 20.8 Å². The quantitative estimate of drug-likeness (QED) is 0.231. The molecule has 1 amide bonds. The van der Waals surface area contributed by atoms with E-state index in [4.69, 9.17) is 18.6 Å². The molecule has 1 aromatic heterocycles. The molecule has 39 heavy (non-hydrogen) atoms. The van der Waals surface area contributed by atoms with Crippen LogP contribution in [0, 0.1) is 6.92 Å². The summed E-state index contributed by atoms with van der Waals surface area (Å²) in [7, 11) is 2.83. The second kappa shape index (κ2) is 13.1. The van der Waals surface area contributed by atoms with Gasteiger partial charge in [-0.3, -0.25) is 9.69 Å². The average Bonchev–Trinajstić information content (AvgIpc) is 3.34. The van der Waals surface area contributed by atoms with E-state index in [1.807, 2.05) is 73.7 Å². The minimum absolute atomic E-state index is 0.175. The van der Waals surface area contributed by atoms with E-state index >= 15 is 0 Å². The Kier molecular flexibility index (Phi) is 9.13. The first-order chi connectivity index (χ1) is 18.9. The number of carbonyl (C=O) groups is 2. The van der Waals surface area contributed by atoms with Crippen LogP contribution in [-0.2, 0) is 22.5 Å². The molecule has 0 atom stereocenters. The number of amides is 1. The van der Waals surface area contributed by atoms with Gasteiger partial charge >= 0.3 is 12.1 Å². The Balaban J connectivity index is 1.38. The Morgan fingerprint density at radius 2 is 1.62 bits per heavy atom. The Hall–Kier alpha value is -4.85. The Morgan fingerprint density at radius 3 is 2.28 bits per heavy atom. The summed E-state index contributed by atoms with van der Waals surface area (Å²) >= 11 is 0. The summed E-state index contributed by atoms with van der Waals surface area (Å²) in [5.41, 5.74) is 3.65. The molecule has 4 aromatic rings. The van der Waals surface area contributed by atoms with E-state index in [1.165, 1.54) is 12.0 Å². The molecule has 0 aliphatic rings. The van der Waals surface area contributed by atoms with Gasteiger partial charge in [-0.25, -0.2) is 9.78 Å². The number of hydrogen-bond donors (Lipinski definition) is 0. The number of aryl methyl sites for hydroxylation is 1. The molecule has 0 bridgehead atoms. The highest BCUT2D eigenvalue weighted by molar-refractivity contribution is 5.79. The molecule has 0 radical (unpaired) electrons. The van der Waals surface area contributed by atoms with Crippen molar-refractivity contribution in [2.45, 2.75) is 19.9 Å². The van der Waals surface area contributed by atoms with Crippen LogP contribution in [0.1, 0.15) is 22.6 Å². The average molecular weight is 527 g/mol. The molecule has 200 valence electrons. The van der Waals surface area contributed by atoms with Gasteiger partial charge in [0.15, 0.2) is 0 Å². The van der Waals surface area contributed by atoms with Gasteiger partial charge in [-0.15, -0.1) is 0 Å². The lowest BCUT2D eigenvalue weighted by Gasteiger charge is -2.21. The molecular formula is C31H30N2O6. The zero-order valence-electron chi connectivity index (χ0n) is 22.1. The van der Waals surface area contributed by atoms with Crippen LogP contribution in [0.4, 0.5) is 4.79 Å². The fourth-order valence-corrected chi connectivity index (χ4v) is 3.80. The molecule has 0 fully saturated rings. The van der Waals surface area contributed by atoms with Crippen LogP contribution in [0.25, 0.3) is 17.5 Å². The van der Waals surface area contributed by atoms with Crippen LogP contribution in [0.3, 0.4) is 0 Å². The predicted octanol–water partition coefficient (Wildman–Crippen LogP) is 6.09. The summed E-state index contributed by atoms with van der Waals surface area (Å²) in [5, 5.41) is 0. The summed E-state index contributed by atoms with van der Waals surface area (Å²) in [6.45, 7) is 1.85. The van der Waals surface area contributed by atoms with Gasteiger partial charge in [-0.1, -0.05) is 54.6 Å². The van der Waals surface area contributed by atoms with Gasteiger partial charge < -0.3 is 18.6 Å². The molecule has 8 nitrogen and oxygen atoms in total. The molecule has 0 saturated carbocycles. The zero-order valence-corrected chi connectivity index (χ0v) is 22.1. The lowest BCUT2D eigenvalue weighted by molar-refractivity contribution is -0.141. The third kappa shape index (κ3) is 7.58. The fraction of sp³-hybridized carbons (Fsp3) is 0.194. The number of hydrogen-bond acceptors (Lipinski definition) is 7. The lowest BCUT2D eigenvalue weighted by atomic mass is 10.1. The minimum Gasteiger partial charge on any atom is -0.497 e. The highest BCUT2D eigenvalue weighted by atomic mass is 16.6. The first-order valence-electron chi connectivity index (χ1n) is 12.4. The first kappa shape index (κ1) is 27.2. The van der Waals surface area contributed by atoms with Gasteiger partial charge in [-0.2, -0.15) is 0 Å². The van der Waals surface area contributed by atoms with Crippen LogP contribution in [0.2, 0.25) is 0 Å². The number of allylic oxidation sites excluding steroid dienone is 1. The van der Waals surface area contributed by atoms with Crippen LogP contribution in [0.5, 0.6) is 11.5 Å². The molecule has 0 N–H and O–H groups in total. The van der Waals surface area contributed by atoms with E-state index in [1.54, 1.807) is 31.4 Å². The maximum atomic E-state index is 12.8. The number of benzene rings is 3. The topological polar surface area (TPSA) is 91.1 Å². The van der Waals surface area contributed by atoms with Crippen molar-refractivity contribution in [3.05, 3.63) is 108 Å². The normalized spacial score (nSPS) is 10.8. The summed E-state index contributed by atoms with van der Waals surface area (Å²) in [5.74, 6) is 1.85. The van der Waals surface area contributed by atoms with Crippen LogP contribution < -0.4 is 9.47 Å². The Bertz CT molecular complexity index is 1410. The van der Waals surface area contributed by atoms with Gasteiger partial charge in [-0.05, 0) is 54.4 Å². The van der Waals surface area contributed by atoms with E-state index in [9.17, 15) is 9.59 Å². The zero-order chi connectivity index (χ0) is 27.6. The molecule has 0 aliphatic carbocycles. The number of oxazole rings is 1. The van der Waals surface area contributed by atoms with Crippen molar-refractivity contribution in [1.29, 1.82) is 0 Å². The number of nitrogens with zero attached hydrogens (tertiary/aromatic N) is 2. The summed E-state index contributed by atoms with van der Waals surface area (Å²) < 4.78 is 21.2. The fourth-order valence-electron chi connectivity index (χ4n) is 3.80. The van der Waals surface area contributed by atoms with E-state index in [-0.39, 0.29) is 13.1 Å². The van der Waals surface area contributed by atoms with Crippen LogP contribution >= 0.6 is 0 Å². The molecule has 0 spiro atoms. The Labute approximate surface area is 227 Å². The van der Waals surface area contributed by atoms with Crippen LogP contribution in [0.15, 0.2) is 89.4 Å². The second-order valence-corrected chi connectivity index (χ2v) is 8.71. The van der Waals surface area contributed by atoms with E-state index in [0.29, 0.717) is 23.8 Å². The van der Waals surface area contributed by atoms with Gasteiger partial charge in [0.2, 0.25) is 5.89 Å². The maximum absolute atomic E-state index is 12.8. The van der Waals surface area contributed by atoms with Gasteiger partial charge in [0, 0.05) is 18.5 Å². The third-order valence-corrected chi connectivity index (χ3v) is 5.96. The van der Waals surface area contributed by atoms with E-state index in [2.05, 4.69) is 4.98 Å². The number of carbonyl (C=O) groups excluding carboxylic acids is 2. The summed E-state index contributed by atoms with van der Waals surface area (Å²) in [6, 6.07) is 24.1. The monoisotopic (exact) mass is 526 g/mol. The number of aromatic nitrogens is 1. The van der Waals surface area contributed by atoms with Crippen molar-refractivity contribution < 1.29 is 28.2 Å². The van der Waals surface area contributed by atoms with Gasteiger partial charge in [0.1, 0.15) is 23.8 Å². The van der Waals surface area contributed by atoms with Crippen molar-refractivity contribution >= 4 is 18.1 Å². The third-order valence-electron chi connectivity index (χ3n) is 5.96. The largest absolute Gasteiger partial charge is 0.497 e. The highest BCUT2D eigenvalue weighted by Gasteiger charge is 2.20. The van der Waals surface area contributed by atoms with Crippen molar-refractivity contribution in [3.63, 3.8) is 0 Å². The first-order valence-corrected chi connectivity index (χ1v) is 12.4. The van der Waals surface area contributed by atoms with E-state index in [0.717, 1.165) is 28.1 Å². The lowest BCUT2D eigenvalue weighted by Crippen LogP contribution is -2.37. The number of methoxy groups -OCH3 is 2. The maximum Gasteiger partial charge on any atom is 0.416 e. The van der Waals surface area contributed by atoms with Crippen molar-refractivity contribution in [3.8, 4) is 23.0 Å². The molecular weight excluding hydrogens is 496 g/mol. The second-order valence-electron chi connectivity index (χ2n) is 8.71. The number of esters is 1. The Morgan fingerprint density at radius 1 is 0.923 bits per heavy atom.